The molecule has 1 aromatic carbocycles. The minimum absolute atomic E-state index is 0.368. The average Bonchev–Trinajstić information content (AvgIpc) is 2.96. The van der Waals surface area contributed by atoms with Gasteiger partial charge in [-0.05, 0) is 36.3 Å². The highest BCUT2D eigenvalue weighted by Crippen LogP contribution is 2.28. The molecule has 21 heavy (non-hydrogen) atoms. The number of aryl methyl sites for hydroxylation is 1. The summed E-state index contributed by atoms with van der Waals surface area (Å²) in [6, 6.07) is 9.30. The van der Waals surface area contributed by atoms with Gasteiger partial charge < -0.3 is 10.2 Å². The lowest BCUT2D eigenvalue weighted by molar-refractivity contribution is 0.457. The standard InChI is InChI=1S/C17H23N3S/c1-3-14-5-7-15(8-6-14)13(2)19-11-16-12-21-17-18-9-4-10-20(16)17/h5-8,12-13,19H,3-4,9-11H2,1-2H3/t13-/m1/s1. The predicted octanol–water partition coefficient (Wildman–Crippen LogP) is 3.55. The number of amidine groups is 1. The van der Waals surface area contributed by atoms with Crippen molar-refractivity contribution in [1.82, 2.24) is 10.2 Å². The zero-order valence-corrected chi connectivity index (χ0v) is 13.6. The molecule has 0 amide bonds. The smallest absolute Gasteiger partial charge is 0.167 e. The molecule has 0 aromatic heterocycles. The Hall–Kier alpha value is -1.26. The molecule has 0 spiro atoms. The number of hydrogen-bond acceptors (Lipinski definition) is 4. The van der Waals surface area contributed by atoms with Gasteiger partial charge in [0.05, 0.1) is 0 Å². The van der Waals surface area contributed by atoms with Crippen LogP contribution in [0.25, 0.3) is 0 Å². The van der Waals surface area contributed by atoms with Crippen LogP contribution in [-0.4, -0.2) is 29.7 Å². The first-order valence-electron chi connectivity index (χ1n) is 7.78. The maximum atomic E-state index is 4.57. The summed E-state index contributed by atoms with van der Waals surface area (Å²) in [6.45, 7) is 7.42. The molecule has 3 rings (SSSR count). The summed E-state index contributed by atoms with van der Waals surface area (Å²) >= 11 is 1.76. The molecule has 2 aliphatic rings. The summed E-state index contributed by atoms with van der Waals surface area (Å²) in [6.07, 6.45) is 2.26. The van der Waals surface area contributed by atoms with Crippen LogP contribution in [0.5, 0.6) is 0 Å². The molecule has 2 heterocycles. The van der Waals surface area contributed by atoms with Crippen molar-refractivity contribution in [2.75, 3.05) is 19.6 Å². The van der Waals surface area contributed by atoms with Crippen molar-refractivity contribution in [2.24, 2.45) is 4.99 Å². The van der Waals surface area contributed by atoms with Gasteiger partial charge in [0.2, 0.25) is 0 Å². The molecule has 0 saturated carbocycles. The SMILES string of the molecule is CCc1ccc([C@@H](C)NCC2=CSC3=NCCCN23)cc1. The quantitative estimate of drug-likeness (QED) is 0.901. The van der Waals surface area contributed by atoms with E-state index in [-0.39, 0.29) is 0 Å². The van der Waals surface area contributed by atoms with Gasteiger partial charge in [0, 0.05) is 31.4 Å². The number of hydrogen-bond donors (Lipinski definition) is 1. The third-order valence-electron chi connectivity index (χ3n) is 4.14. The highest BCUT2D eigenvalue weighted by atomic mass is 32.2. The zero-order valence-electron chi connectivity index (χ0n) is 12.8. The van der Waals surface area contributed by atoms with Gasteiger partial charge in [-0.3, -0.25) is 4.99 Å². The first kappa shape index (κ1) is 14.7. The lowest BCUT2D eigenvalue weighted by Gasteiger charge is -2.26. The van der Waals surface area contributed by atoms with Crippen molar-refractivity contribution in [3.05, 3.63) is 46.5 Å². The Kier molecular flexibility index (Phi) is 4.66. The molecule has 1 atom stereocenters. The van der Waals surface area contributed by atoms with Crippen molar-refractivity contribution in [1.29, 1.82) is 0 Å². The summed E-state index contributed by atoms with van der Waals surface area (Å²) in [4.78, 5) is 6.93. The van der Waals surface area contributed by atoms with Gasteiger partial charge in [-0.1, -0.05) is 43.0 Å². The minimum atomic E-state index is 0.368. The highest BCUT2D eigenvalue weighted by Gasteiger charge is 2.24. The molecule has 1 N–H and O–H groups in total. The van der Waals surface area contributed by atoms with E-state index in [0.717, 1.165) is 32.5 Å². The van der Waals surface area contributed by atoms with Gasteiger partial charge in [-0.2, -0.15) is 0 Å². The zero-order chi connectivity index (χ0) is 14.7. The van der Waals surface area contributed by atoms with E-state index < -0.39 is 0 Å². The van der Waals surface area contributed by atoms with Crippen molar-refractivity contribution in [2.45, 2.75) is 32.7 Å². The maximum absolute atomic E-state index is 4.57. The molecule has 2 aliphatic heterocycles. The molecule has 0 bridgehead atoms. The molecule has 1 aromatic rings. The van der Waals surface area contributed by atoms with Crippen LogP contribution in [0.1, 0.15) is 37.4 Å². The number of nitrogens with one attached hydrogen (secondary N) is 1. The number of fused-ring (bicyclic) bond motifs is 1. The van der Waals surface area contributed by atoms with Crippen LogP contribution in [0.2, 0.25) is 0 Å². The topological polar surface area (TPSA) is 27.6 Å². The van der Waals surface area contributed by atoms with E-state index in [1.165, 1.54) is 22.0 Å². The van der Waals surface area contributed by atoms with E-state index in [1.54, 1.807) is 11.8 Å². The first-order chi connectivity index (χ1) is 10.3. The Balaban J connectivity index is 1.57. The minimum Gasteiger partial charge on any atom is -0.323 e. The summed E-state index contributed by atoms with van der Waals surface area (Å²) in [5.41, 5.74) is 4.11. The van der Waals surface area contributed by atoms with Gasteiger partial charge in [-0.15, -0.1) is 0 Å². The van der Waals surface area contributed by atoms with E-state index in [0.29, 0.717) is 6.04 Å². The first-order valence-corrected chi connectivity index (χ1v) is 8.66. The van der Waals surface area contributed by atoms with Gasteiger partial charge >= 0.3 is 0 Å². The molecule has 4 heteroatoms. The lowest BCUT2D eigenvalue weighted by atomic mass is 10.0. The Morgan fingerprint density at radius 3 is 2.90 bits per heavy atom. The Morgan fingerprint density at radius 1 is 1.33 bits per heavy atom. The fourth-order valence-electron chi connectivity index (χ4n) is 2.69. The summed E-state index contributed by atoms with van der Waals surface area (Å²) in [5, 5.41) is 7.05. The average molecular weight is 301 g/mol. The molecule has 0 unspecified atom stereocenters. The lowest BCUT2D eigenvalue weighted by Crippen LogP contribution is -2.34. The molecule has 0 saturated heterocycles. The van der Waals surface area contributed by atoms with Crippen LogP contribution in [-0.2, 0) is 6.42 Å². The molecular formula is C17H23N3S. The second-order valence-electron chi connectivity index (χ2n) is 5.59. The summed E-state index contributed by atoms with van der Waals surface area (Å²) < 4.78 is 0. The molecule has 0 fully saturated rings. The predicted molar refractivity (Wildman–Crippen MR) is 91.5 cm³/mol. The number of benzene rings is 1. The summed E-state index contributed by atoms with van der Waals surface area (Å²) in [7, 11) is 0. The van der Waals surface area contributed by atoms with E-state index in [4.69, 9.17) is 0 Å². The monoisotopic (exact) mass is 301 g/mol. The third-order valence-corrected chi connectivity index (χ3v) is 5.09. The molecule has 0 radical (unpaired) electrons. The van der Waals surface area contributed by atoms with Crippen LogP contribution in [0.4, 0.5) is 0 Å². The fraction of sp³-hybridized carbons (Fsp3) is 0.471. The van der Waals surface area contributed by atoms with Crippen molar-refractivity contribution in [3.63, 3.8) is 0 Å². The number of nitrogens with zero attached hydrogens (tertiary/aromatic N) is 2. The van der Waals surface area contributed by atoms with Crippen molar-refractivity contribution < 1.29 is 0 Å². The Morgan fingerprint density at radius 2 is 2.14 bits per heavy atom. The van der Waals surface area contributed by atoms with Crippen LogP contribution in [0.15, 0.2) is 40.4 Å². The molecule has 112 valence electrons. The highest BCUT2D eigenvalue weighted by molar-refractivity contribution is 8.16. The van der Waals surface area contributed by atoms with Gasteiger partial charge in [-0.25, -0.2) is 0 Å². The summed E-state index contributed by atoms with van der Waals surface area (Å²) in [5.74, 6) is 0. The second-order valence-corrected chi connectivity index (χ2v) is 6.43. The third kappa shape index (κ3) is 3.33. The van der Waals surface area contributed by atoms with Crippen molar-refractivity contribution in [3.8, 4) is 0 Å². The maximum Gasteiger partial charge on any atom is 0.167 e. The molecule has 0 aliphatic carbocycles. The van der Waals surface area contributed by atoms with E-state index >= 15 is 0 Å². The van der Waals surface area contributed by atoms with Gasteiger partial charge in [0.1, 0.15) is 0 Å². The van der Waals surface area contributed by atoms with Crippen LogP contribution in [0.3, 0.4) is 0 Å². The number of rotatable bonds is 5. The fourth-order valence-corrected chi connectivity index (χ4v) is 3.64. The molecular weight excluding hydrogens is 278 g/mol. The van der Waals surface area contributed by atoms with Crippen molar-refractivity contribution >= 4 is 16.9 Å². The van der Waals surface area contributed by atoms with Crippen LogP contribution in [0, 0.1) is 0 Å². The van der Waals surface area contributed by atoms with Gasteiger partial charge in [0.15, 0.2) is 5.17 Å². The van der Waals surface area contributed by atoms with Crippen LogP contribution < -0.4 is 5.32 Å². The van der Waals surface area contributed by atoms with E-state index in [2.05, 4.69) is 58.7 Å². The Labute approximate surface area is 131 Å². The normalized spacial score (nSPS) is 19.0. The second kappa shape index (κ2) is 6.67. The van der Waals surface area contributed by atoms with Gasteiger partial charge in [0.25, 0.3) is 0 Å². The van der Waals surface area contributed by atoms with E-state index in [1.807, 2.05) is 0 Å². The largest absolute Gasteiger partial charge is 0.323 e. The molecule has 3 nitrogen and oxygen atoms in total. The Bertz CT molecular complexity index is 548. The van der Waals surface area contributed by atoms with E-state index in [9.17, 15) is 0 Å². The van der Waals surface area contributed by atoms with Crippen LogP contribution >= 0.6 is 11.8 Å². The number of thioether (sulfide) groups is 1. The number of aliphatic imine (C=N–C) groups is 1.